The van der Waals surface area contributed by atoms with Gasteiger partial charge in [-0.1, -0.05) is 24.3 Å². The van der Waals surface area contributed by atoms with Gasteiger partial charge in [0.15, 0.2) is 11.5 Å². The lowest BCUT2D eigenvalue weighted by atomic mass is 10.1. The number of benzene rings is 2. The molecule has 21 heavy (non-hydrogen) atoms. The first kappa shape index (κ1) is 14.6. The van der Waals surface area contributed by atoms with Gasteiger partial charge in [0.25, 0.3) is 5.69 Å². The number of methoxy groups -OCH3 is 2. The van der Waals surface area contributed by atoms with Crippen molar-refractivity contribution in [3.8, 4) is 11.5 Å². The average molecular weight is 285 g/mol. The third-order valence-corrected chi connectivity index (χ3v) is 2.99. The van der Waals surface area contributed by atoms with Crippen LogP contribution >= 0.6 is 0 Å². The summed E-state index contributed by atoms with van der Waals surface area (Å²) in [7, 11) is 3.17. The average Bonchev–Trinajstić information content (AvgIpc) is 2.52. The molecule has 0 saturated heterocycles. The smallest absolute Gasteiger partial charge is 0.269 e. The molecule has 0 aliphatic rings. The van der Waals surface area contributed by atoms with Gasteiger partial charge in [-0.2, -0.15) is 0 Å². The zero-order valence-corrected chi connectivity index (χ0v) is 11.8. The highest BCUT2D eigenvalue weighted by Gasteiger charge is 2.07. The summed E-state index contributed by atoms with van der Waals surface area (Å²) in [5, 5.41) is 10.6. The first-order valence-corrected chi connectivity index (χ1v) is 6.29. The minimum atomic E-state index is -0.418. The Kier molecular flexibility index (Phi) is 4.56. The van der Waals surface area contributed by atoms with E-state index in [0.717, 1.165) is 11.1 Å². The van der Waals surface area contributed by atoms with Gasteiger partial charge >= 0.3 is 0 Å². The first-order chi connectivity index (χ1) is 10.2. The maximum atomic E-state index is 10.6. The predicted molar refractivity (Wildman–Crippen MR) is 81.6 cm³/mol. The van der Waals surface area contributed by atoms with Crippen LogP contribution in [-0.4, -0.2) is 19.1 Å². The number of para-hydroxylation sites is 1. The number of nitro benzene ring substituents is 1. The monoisotopic (exact) mass is 285 g/mol. The fraction of sp³-hybridized carbons (Fsp3) is 0.125. The summed E-state index contributed by atoms with van der Waals surface area (Å²) in [5.41, 5.74) is 1.81. The Morgan fingerprint density at radius 3 is 2.29 bits per heavy atom. The van der Waals surface area contributed by atoms with Crippen LogP contribution in [0.2, 0.25) is 0 Å². The predicted octanol–water partition coefficient (Wildman–Crippen LogP) is 3.78. The molecule has 2 aromatic carbocycles. The molecule has 0 aliphatic heterocycles. The highest BCUT2D eigenvalue weighted by atomic mass is 16.6. The van der Waals surface area contributed by atoms with Gasteiger partial charge in [-0.05, 0) is 23.8 Å². The van der Waals surface area contributed by atoms with E-state index in [0.29, 0.717) is 11.5 Å². The molecule has 0 N–H and O–H groups in total. The topological polar surface area (TPSA) is 61.6 Å². The SMILES string of the molecule is COc1cccc(/C=C/c2ccc([N+](=O)[O-])cc2)c1OC. The van der Waals surface area contributed by atoms with Crippen LogP contribution in [0.5, 0.6) is 11.5 Å². The quantitative estimate of drug-likeness (QED) is 0.476. The molecule has 0 aliphatic carbocycles. The number of non-ortho nitro benzene ring substituents is 1. The van der Waals surface area contributed by atoms with Crippen LogP contribution in [0.3, 0.4) is 0 Å². The van der Waals surface area contributed by atoms with E-state index < -0.39 is 4.92 Å². The Balaban J connectivity index is 2.27. The maximum absolute atomic E-state index is 10.6. The number of hydrogen-bond acceptors (Lipinski definition) is 4. The van der Waals surface area contributed by atoms with Crippen molar-refractivity contribution in [1.82, 2.24) is 0 Å². The van der Waals surface area contributed by atoms with Crippen molar-refractivity contribution in [3.63, 3.8) is 0 Å². The molecule has 5 heteroatoms. The summed E-state index contributed by atoms with van der Waals surface area (Å²) < 4.78 is 10.6. The summed E-state index contributed by atoms with van der Waals surface area (Å²) >= 11 is 0. The molecule has 5 nitrogen and oxygen atoms in total. The van der Waals surface area contributed by atoms with E-state index in [4.69, 9.17) is 9.47 Å². The minimum Gasteiger partial charge on any atom is -0.493 e. The Labute approximate surface area is 122 Å². The second-order valence-corrected chi connectivity index (χ2v) is 4.26. The van der Waals surface area contributed by atoms with Crippen LogP contribution in [0.1, 0.15) is 11.1 Å². The second-order valence-electron chi connectivity index (χ2n) is 4.26. The molecule has 0 unspecified atom stereocenters. The third-order valence-electron chi connectivity index (χ3n) is 2.99. The van der Waals surface area contributed by atoms with E-state index in [1.54, 1.807) is 26.4 Å². The molecule has 2 aromatic rings. The molecular formula is C16H15NO4. The first-order valence-electron chi connectivity index (χ1n) is 6.29. The number of hydrogen-bond donors (Lipinski definition) is 0. The van der Waals surface area contributed by atoms with Gasteiger partial charge in [0.1, 0.15) is 0 Å². The van der Waals surface area contributed by atoms with Crippen molar-refractivity contribution in [3.05, 3.63) is 63.7 Å². The Morgan fingerprint density at radius 2 is 1.71 bits per heavy atom. The molecule has 0 fully saturated rings. The van der Waals surface area contributed by atoms with Crippen LogP contribution in [-0.2, 0) is 0 Å². The lowest BCUT2D eigenvalue weighted by Gasteiger charge is -2.09. The molecule has 0 bridgehead atoms. The zero-order chi connectivity index (χ0) is 15.2. The van der Waals surface area contributed by atoms with E-state index in [1.165, 1.54) is 12.1 Å². The summed E-state index contributed by atoms with van der Waals surface area (Å²) in [6.45, 7) is 0. The molecule has 0 spiro atoms. The van der Waals surface area contributed by atoms with Gasteiger partial charge in [0.2, 0.25) is 0 Å². The highest BCUT2D eigenvalue weighted by molar-refractivity contribution is 5.74. The van der Waals surface area contributed by atoms with Gasteiger partial charge in [-0.3, -0.25) is 10.1 Å². The molecule has 0 amide bonds. The van der Waals surface area contributed by atoms with Crippen molar-refractivity contribution in [2.75, 3.05) is 14.2 Å². The van der Waals surface area contributed by atoms with E-state index in [-0.39, 0.29) is 5.69 Å². The summed E-state index contributed by atoms with van der Waals surface area (Å²) in [6, 6.07) is 11.9. The van der Waals surface area contributed by atoms with E-state index in [9.17, 15) is 10.1 Å². The number of nitrogens with zero attached hydrogens (tertiary/aromatic N) is 1. The second kappa shape index (κ2) is 6.56. The van der Waals surface area contributed by atoms with Crippen molar-refractivity contribution in [2.24, 2.45) is 0 Å². The van der Waals surface area contributed by atoms with Crippen LogP contribution in [0, 0.1) is 10.1 Å². The van der Waals surface area contributed by atoms with E-state index >= 15 is 0 Å². The standard InChI is InChI=1S/C16H15NO4/c1-20-15-5-3-4-13(16(15)21-2)9-6-12-7-10-14(11-8-12)17(18)19/h3-11H,1-2H3/b9-6+. The number of rotatable bonds is 5. The molecule has 0 heterocycles. The van der Waals surface area contributed by atoms with Gasteiger partial charge in [-0.15, -0.1) is 0 Å². The summed E-state index contributed by atoms with van der Waals surface area (Å²) in [5.74, 6) is 1.31. The normalized spacial score (nSPS) is 10.6. The van der Waals surface area contributed by atoms with Crippen LogP contribution in [0.15, 0.2) is 42.5 Å². The molecule has 0 atom stereocenters. The Bertz CT molecular complexity index is 662. The Morgan fingerprint density at radius 1 is 1.00 bits per heavy atom. The minimum absolute atomic E-state index is 0.0751. The van der Waals surface area contributed by atoms with Gasteiger partial charge in [0.05, 0.1) is 19.1 Å². The van der Waals surface area contributed by atoms with Gasteiger partial charge < -0.3 is 9.47 Å². The van der Waals surface area contributed by atoms with Crippen LogP contribution in [0.4, 0.5) is 5.69 Å². The van der Waals surface area contributed by atoms with Gasteiger partial charge in [-0.25, -0.2) is 0 Å². The van der Waals surface area contributed by atoms with Gasteiger partial charge in [0, 0.05) is 17.7 Å². The zero-order valence-electron chi connectivity index (χ0n) is 11.8. The van der Waals surface area contributed by atoms with E-state index in [2.05, 4.69) is 0 Å². The third kappa shape index (κ3) is 3.39. The summed E-state index contributed by atoms with van der Waals surface area (Å²) in [4.78, 5) is 10.2. The fourth-order valence-electron chi connectivity index (χ4n) is 1.94. The maximum Gasteiger partial charge on any atom is 0.269 e. The summed E-state index contributed by atoms with van der Waals surface area (Å²) in [6.07, 6.45) is 3.74. The van der Waals surface area contributed by atoms with E-state index in [1.807, 2.05) is 30.4 Å². The lowest BCUT2D eigenvalue weighted by Crippen LogP contribution is -1.92. The highest BCUT2D eigenvalue weighted by Crippen LogP contribution is 2.31. The molecule has 0 radical (unpaired) electrons. The molecule has 0 aromatic heterocycles. The lowest BCUT2D eigenvalue weighted by molar-refractivity contribution is -0.384. The van der Waals surface area contributed by atoms with Crippen molar-refractivity contribution < 1.29 is 14.4 Å². The Hall–Kier alpha value is -2.82. The molecular weight excluding hydrogens is 270 g/mol. The molecule has 108 valence electrons. The number of nitro groups is 1. The molecule has 0 saturated carbocycles. The van der Waals surface area contributed by atoms with Crippen LogP contribution in [0.25, 0.3) is 12.2 Å². The molecule has 2 rings (SSSR count). The largest absolute Gasteiger partial charge is 0.493 e. The number of ether oxygens (including phenoxy) is 2. The van der Waals surface area contributed by atoms with Crippen LogP contribution < -0.4 is 9.47 Å². The van der Waals surface area contributed by atoms with Crippen molar-refractivity contribution in [2.45, 2.75) is 0 Å². The fourth-order valence-corrected chi connectivity index (χ4v) is 1.94. The van der Waals surface area contributed by atoms with Crippen molar-refractivity contribution in [1.29, 1.82) is 0 Å². The van der Waals surface area contributed by atoms with Crippen molar-refractivity contribution >= 4 is 17.8 Å².